The normalized spacial score (nSPS) is 33.1. The second-order valence-corrected chi connectivity index (χ2v) is 5.26. The number of ether oxygens (including phenoxy) is 2. The van der Waals surface area contributed by atoms with Crippen LogP contribution < -0.4 is 0 Å². The Morgan fingerprint density at radius 1 is 1.53 bits per heavy atom. The van der Waals surface area contributed by atoms with Crippen LogP contribution in [0.3, 0.4) is 0 Å². The fourth-order valence-electron chi connectivity index (χ4n) is 2.78. The van der Waals surface area contributed by atoms with Crippen LogP contribution in [0.1, 0.15) is 19.3 Å². The highest BCUT2D eigenvalue weighted by Crippen LogP contribution is 2.35. The number of hydrogen-bond donors (Lipinski definition) is 0. The Kier molecular flexibility index (Phi) is 3.58. The smallest absolute Gasteiger partial charge is 0.319 e. The van der Waals surface area contributed by atoms with E-state index in [-0.39, 0.29) is 17.7 Å². The van der Waals surface area contributed by atoms with Crippen LogP contribution in [0, 0.1) is 0 Å². The molecule has 1 spiro atoms. The monoisotopic (exact) mass is 242 g/mol. The van der Waals surface area contributed by atoms with Gasteiger partial charge in [-0.3, -0.25) is 0 Å². The van der Waals surface area contributed by atoms with Crippen LogP contribution in [0.5, 0.6) is 0 Å². The summed E-state index contributed by atoms with van der Waals surface area (Å²) in [6.45, 7) is 2.18. The van der Waals surface area contributed by atoms with Crippen molar-refractivity contribution in [1.29, 1.82) is 0 Å². The molecule has 5 nitrogen and oxygen atoms in total. The molecule has 17 heavy (non-hydrogen) atoms. The maximum absolute atomic E-state index is 12.0. The highest BCUT2D eigenvalue weighted by Gasteiger charge is 2.44. The van der Waals surface area contributed by atoms with Crippen LogP contribution in [0.2, 0.25) is 0 Å². The molecule has 0 saturated carbocycles. The van der Waals surface area contributed by atoms with Crippen molar-refractivity contribution in [3.8, 4) is 0 Å². The van der Waals surface area contributed by atoms with Gasteiger partial charge in [0, 0.05) is 34.2 Å². The molecule has 2 aliphatic heterocycles. The summed E-state index contributed by atoms with van der Waals surface area (Å²) in [5.74, 6) is 0. The molecule has 2 saturated heterocycles. The molecular formula is C12H22N2O3. The fourth-order valence-corrected chi connectivity index (χ4v) is 2.78. The second kappa shape index (κ2) is 4.82. The molecule has 2 fully saturated rings. The van der Waals surface area contributed by atoms with E-state index >= 15 is 0 Å². The molecule has 0 aromatic carbocycles. The summed E-state index contributed by atoms with van der Waals surface area (Å²) >= 11 is 0. The number of carbonyl (C=O) groups excluding carboxylic acids is 1. The van der Waals surface area contributed by atoms with Crippen LogP contribution in [0.15, 0.2) is 0 Å². The molecule has 0 aliphatic carbocycles. The zero-order valence-corrected chi connectivity index (χ0v) is 10.9. The standard InChI is InChI=1S/C12H22N2O3/c1-13(2)11(15)14-6-4-5-12(9-14)7-10(16-3)8-17-12/h10H,4-9H2,1-3H3/t10-,12+/m1/s1. The predicted octanol–water partition coefficient (Wildman–Crippen LogP) is 0.938. The van der Waals surface area contributed by atoms with E-state index in [1.54, 1.807) is 26.1 Å². The first kappa shape index (κ1) is 12.6. The van der Waals surface area contributed by atoms with Crippen molar-refractivity contribution in [3.63, 3.8) is 0 Å². The number of methoxy groups -OCH3 is 1. The van der Waals surface area contributed by atoms with Gasteiger partial charge in [-0.1, -0.05) is 0 Å². The van der Waals surface area contributed by atoms with Crippen LogP contribution in [0.4, 0.5) is 4.79 Å². The van der Waals surface area contributed by atoms with Gasteiger partial charge in [0.25, 0.3) is 0 Å². The molecule has 98 valence electrons. The molecule has 0 radical (unpaired) electrons. The molecule has 5 heteroatoms. The van der Waals surface area contributed by atoms with Crippen molar-refractivity contribution in [2.45, 2.75) is 31.0 Å². The summed E-state index contributed by atoms with van der Waals surface area (Å²) in [6.07, 6.45) is 3.13. The van der Waals surface area contributed by atoms with Gasteiger partial charge in [0.15, 0.2) is 0 Å². The molecule has 0 bridgehead atoms. The number of amides is 2. The minimum Gasteiger partial charge on any atom is -0.379 e. The number of urea groups is 1. The van der Waals surface area contributed by atoms with Gasteiger partial charge in [0.2, 0.25) is 0 Å². The number of carbonyl (C=O) groups is 1. The summed E-state index contributed by atoms with van der Waals surface area (Å²) < 4.78 is 11.3. The van der Waals surface area contributed by atoms with E-state index in [4.69, 9.17) is 9.47 Å². The van der Waals surface area contributed by atoms with Crippen LogP contribution in [-0.4, -0.2) is 68.4 Å². The molecular weight excluding hydrogens is 220 g/mol. The number of hydrogen-bond acceptors (Lipinski definition) is 3. The van der Waals surface area contributed by atoms with E-state index in [9.17, 15) is 4.79 Å². The van der Waals surface area contributed by atoms with Gasteiger partial charge in [-0.05, 0) is 12.8 Å². The molecule has 2 heterocycles. The molecule has 0 N–H and O–H groups in total. The zero-order valence-electron chi connectivity index (χ0n) is 10.9. The van der Waals surface area contributed by atoms with Gasteiger partial charge in [-0.15, -0.1) is 0 Å². The van der Waals surface area contributed by atoms with Gasteiger partial charge in [0.05, 0.1) is 24.9 Å². The molecule has 2 aliphatic rings. The van der Waals surface area contributed by atoms with Crippen molar-refractivity contribution in [3.05, 3.63) is 0 Å². The third-order valence-corrected chi connectivity index (χ3v) is 3.70. The summed E-state index contributed by atoms with van der Waals surface area (Å²) in [5, 5.41) is 0. The first-order chi connectivity index (χ1) is 8.06. The lowest BCUT2D eigenvalue weighted by atomic mass is 9.89. The summed E-state index contributed by atoms with van der Waals surface area (Å²) in [6, 6.07) is 0.0774. The number of piperidine rings is 1. The number of likely N-dealkylation sites (tertiary alicyclic amines) is 1. The largest absolute Gasteiger partial charge is 0.379 e. The van der Waals surface area contributed by atoms with E-state index in [0.717, 1.165) is 25.8 Å². The third kappa shape index (κ3) is 2.55. The van der Waals surface area contributed by atoms with Gasteiger partial charge in [-0.2, -0.15) is 0 Å². The Morgan fingerprint density at radius 2 is 2.29 bits per heavy atom. The van der Waals surface area contributed by atoms with Gasteiger partial charge in [0.1, 0.15) is 0 Å². The number of nitrogens with zero attached hydrogens (tertiary/aromatic N) is 2. The van der Waals surface area contributed by atoms with Gasteiger partial charge in [-0.25, -0.2) is 4.79 Å². The van der Waals surface area contributed by atoms with Crippen molar-refractivity contribution >= 4 is 6.03 Å². The lowest BCUT2D eigenvalue weighted by Crippen LogP contribution is -2.52. The van der Waals surface area contributed by atoms with Crippen molar-refractivity contribution < 1.29 is 14.3 Å². The molecule has 2 rings (SSSR count). The molecule has 2 amide bonds. The molecule has 2 atom stereocenters. The Hall–Kier alpha value is -0.810. The Labute approximate surface area is 103 Å². The lowest BCUT2D eigenvalue weighted by Gasteiger charge is -2.40. The van der Waals surface area contributed by atoms with Crippen LogP contribution >= 0.6 is 0 Å². The Morgan fingerprint density at radius 3 is 2.88 bits per heavy atom. The molecule has 0 aromatic rings. The average Bonchev–Trinajstić information content (AvgIpc) is 2.71. The van der Waals surface area contributed by atoms with Crippen molar-refractivity contribution in [2.75, 3.05) is 40.9 Å². The van der Waals surface area contributed by atoms with Gasteiger partial charge < -0.3 is 19.3 Å². The van der Waals surface area contributed by atoms with Gasteiger partial charge >= 0.3 is 6.03 Å². The second-order valence-electron chi connectivity index (χ2n) is 5.26. The summed E-state index contributed by atoms with van der Waals surface area (Å²) in [7, 11) is 5.30. The molecule has 0 unspecified atom stereocenters. The summed E-state index contributed by atoms with van der Waals surface area (Å²) in [5.41, 5.74) is -0.162. The van der Waals surface area contributed by atoms with Crippen molar-refractivity contribution in [2.24, 2.45) is 0 Å². The minimum absolute atomic E-state index is 0.0774. The Bertz CT molecular complexity index is 295. The predicted molar refractivity (Wildman–Crippen MR) is 64.0 cm³/mol. The highest BCUT2D eigenvalue weighted by molar-refractivity contribution is 5.74. The van der Waals surface area contributed by atoms with E-state index < -0.39 is 0 Å². The maximum Gasteiger partial charge on any atom is 0.319 e. The highest BCUT2D eigenvalue weighted by atomic mass is 16.6. The Balaban J connectivity index is 2.00. The van der Waals surface area contributed by atoms with Crippen LogP contribution in [-0.2, 0) is 9.47 Å². The first-order valence-corrected chi connectivity index (χ1v) is 6.19. The number of rotatable bonds is 1. The lowest BCUT2D eigenvalue weighted by molar-refractivity contribution is -0.0442. The van der Waals surface area contributed by atoms with E-state index in [1.165, 1.54) is 0 Å². The van der Waals surface area contributed by atoms with E-state index in [1.807, 2.05) is 4.90 Å². The SMILES string of the molecule is CO[C@H]1CO[C@@]2(CCCN(C(=O)N(C)C)C2)C1. The maximum atomic E-state index is 12.0. The fraction of sp³-hybridized carbons (Fsp3) is 0.917. The van der Waals surface area contributed by atoms with E-state index in [2.05, 4.69) is 0 Å². The quantitative estimate of drug-likeness (QED) is 0.687. The molecule has 0 aromatic heterocycles. The third-order valence-electron chi connectivity index (χ3n) is 3.70. The zero-order chi connectivity index (χ0) is 12.5. The van der Waals surface area contributed by atoms with E-state index in [0.29, 0.717) is 13.2 Å². The minimum atomic E-state index is -0.162. The van der Waals surface area contributed by atoms with Crippen molar-refractivity contribution in [1.82, 2.24) is 9.80 Å². The van der Waals surface area contributed by atoms with Crippen LogP contribution in [0.25, 0.3) is 0 Å². The average molecular weight is 242 g/mol. The topological polar surface area (TPSA) is 42.0 Å². The summed E-state index contributed by atoms with van der Waals surface area (Å²) in [4.78, 5) is 15.5. The first-order valence-electron chi connectivity index (χ1n) is 6.19.